The molecule has 0 radical (unpaired) electrons. The van der Waals surface area contributed by atoms with Gasteiger partial charge in [-0.05, 0) is 55.1 Å². The smallest absolute Gasteiger partial charge is 0.125 e. The minimum Gasteiger partial charge on any atom is -0.496 e. The fourth-order valence-corrected chi connectivity index (χ4v) is 3.86. The van der Waals surface area contributed by atoms with E-state index in [2.05, 4.69) is 40.7 Å². The number of hydrogen-bond acceptors (Lipinski definition) is 4. The van der Waals surface area contributed by atoms with E-state index in [1.54, 1.807) is 7.11 Å². The van der Waals surface area contributed by atoms with E-state index in [1.165, 1.54) is 19.3 Å². The number of benzene rings is 1. The van der Waals surface area contributed by atoms with Crippen LogP contribution in [-0.4, -0.2) is 31.0 Å². The molecule has 168 valence electrons. The Hall–Kier alpha value is -1.26. The molecule has 0 spiro atoms. The number of hydrogen-bond donors (Lipinski definition) is 2. The summed E-state index contributed by atoms with van der Waals surface area (Å²) in [4.78, 5) is 0. The van der Waals surface area contributed by atoms with Gasteiger partial charge in [0.15, 0.2) is 0 Å². The second-order valence-corrected chi connectivity index (χ2v) is 9.66. The largest absolute Gasteiger partial charge is 0.496 e. The van der Waals surface area contributed by atoms with Crippen molar-refractivity contribution in [3.8, 4) is 11.5 Å². The lowest BCUT2D eigenvalue weighted by Gasteiger charge is -2.29. The van der Waals surface area contributed by atoms with Crippen molar-refractivity contribution in [1.29, 1.82) is 0 Å². The maximum Gasteiger partial charge on any atom is 0.125 e. The van der Waals surface area contributed by atoms with Gasteiger partial charge in [0, 0.05) is 11.6 Å². The molecule has 0 aromatic heterocycles. The van der Waals surface area contributed by atoms with E-state index in [4.69, 9.17) is 15.2 Å². The van der Waals surface area contributed by atoms with Gasteiger partial charge in [-0.25, -0.2) is 0 Å². The van der Waals surface area contributed by atoms with E-state index in [1.807, 2.05) is 12.1 Å². The molecule has 0 heterocycles. The molecule has 0 aliphatic carbocycles. The lowest BCUT2D eigenvalue weighted by atomic mass is 9.85. The van der Waals surface area contributed by atoms with Gasteiger partial charge in [-0.3, -0.25) is 0 Å². The van der Waals surface area contributed by atoms with E-state index in [0.717, 1.165) is 55.3 Å². The van der Waals surface area contributed by atoms with Crippen LogP contribution in [-0.2, 0) is 6.42 Å². The van der Waals surface area contributed by atoms with Gasteiger partial charge in [0.05, 0.1) is 20.3 Å². The first-order chi connectivity index (χ1) is 13.7. The number of methoxy groups -OCH3 is 1. The Morgan fingerprint density at radius 1 is 1.03 bits per heavy atom. The van der Waals surface area contributed by atoms with Crippen molar-refractivity contribution in [2.45, 2.75) is 85.1 Å². The summed E-state index contributed by atoms with van der Waals surface area (Å²) in [6.07, 6.45) is 7.26. The van der Waals surface area contributed by atoms with Gasteiger partial charge >= 0.3 is 0 Å². The Bertz CT molecular complexity index is 573. The van der Waals surface area contributed by atoms with Crippen molar-refractivity contribution in [2.24, 2.45) is 23.5 Å². The second-order valence-electron chi connectivity index (χ2n) is 9.66. The fraction of sp³-hybridized carbons (Fsp3) is 0.760. The zero-order valence-corrected chi connectivity index (χ0v) is 19.7. The minimum absolute atomic E-state index is 0.00401. The highest BCUT2D eigenvalue weighted by molar-refractivity contribution is 5.41. The molecule has 1 aromatic carbocycles. The van der Waals surface area contributed by atoms with Gasteiger partial charge in [0.1, 0.15) is 11.5 Å². The molecule has 1 rings (SSSR count). The Kier molecular flexibility index (Phi) is 11.7. The van der Waals surface area contributed by atoms with Crippen molar-refractivity contribution in [1.82, 2.24) is 0 Å². The molecule has 0 saturated carbocycles. The first-order valence-corrected chi connectivity index (χ1v) is 11.4. The third-order valence-electron chi connectivity index (χ3n) is 5.64. The molecule has 2 unspecified atom stereocenters. The maximum atomic E-state index is 9.73. The summed E-state index contributed by atoms with van der Waals surface area (Å²) in [7, 11) is 1.69. The monoisotopic (exact) mass is 407 g/mol. The average molecular weight is 408 g/mol. The first-order valence-electron chi connectivity index (χ1n) is 11.4. The Balaban J connectivity index is 2.54. The van der Waals surface area contributed by atoms with Crippen LogP contribution in [0, 0.1) is 17.8 Å². The Morgan fingerprint density at radius 2 is 1.76 bits per heavy atom. The van der Waals surface area contributed by atoms with Crippen LogP contribution in [0.1, 0.15) is 78.7 Å². The normalized spacial score (nSPS) is 14.8. The Labute approximate surface area is 179 Å². The van der Waals surface area contributed by atoms with E-state index in [9.17, 15) is 5.11 Å². The van der Waals surface area contributed by atoms with Crippen LogP contribution in [0.5, 0.6) is 11.5 Å². The Morgan fingerprint density at radius 3 is 2.34 bits per heavy atom. The van der Waals surface area contributed by atoms with E-state index in [-0.39, 0.29) is 6.61 Å². The van der Waals surface area contributed by atoms with Crippen molar-refractivity contribution >= 4 is 0 Å². The standard InChI is InChI=1S/C25H45NO3/c1-19(2)8-7-9-21(5)13-15-29-23-11-10-22(24(16-23)28-6)12-14-25(26,18-27)17-20(3)4/h10-11,16,19-21,27H,7-9,12-15,17-18,26H2,1-6H3. The van der Waals surface area contributed by atoms with Crippen LogP contribution < -0.4 is 15.2 Å². The predicted molar refractivity (Wildman–Crippen MR) is 123 cm³/mol. The molecule has 0 aliphatic rings. The summed E-state index contributed by atoms with van der Waals surface area (Å²) in [6.45, 7) is 11.9. The third kappa shape index (κ3) is 10.4. The van der Waals surface area contributed by atoms with E-state index in [0.29, 0.717) is 11.8 Å². The summed E-state index contributed by atoms with van der Waals surface area (Å²) in [5.74, 6) is 3.61. The number of nitrogens with two attached hydrogens (primary N) is 1. The van der Waals surface area contributed by atoms with Crippen LogP contribution in [0.2, 0.25) is 0 Å². The van der Waals surface area contributed by atoms with Gasteiger partial charge in [0.2, 0.25) is 0 Å². The van der Waals surface area contributed by atoms with Crippen LogP contribution in [0.4, 0.5) is 0 Å². The summed E-state index contributed by atoms with van der Waals surface area (Å²) >= 11 is 0. The molecule has 2 atom stereocenters. The highest BCUT2D eigenvalue weighted by Gasteiger charge is 2.25. The predicted octanol–water partition coefficient (Wildman–Crippen LogP) is 5.60. The number of rotatable bonds is 15. The van der Waals surface area contributed by atoms with Crippen molar-refractivity contribution in [3.05, 3.63) is 23.8 Å². The summed E-state index contributed by atoms with van der Waals surface area (Å²) < 4.78 is 11.6. The average Bonchev–Trinajstić information content (AvgIpc) is 2.66. The molecule has 4 heteroatoms. The van der Waals surface area contributed by atoms with Gasteiger partial charge in [-0.15, -0.1) is 0 Å². The summed E-state index contributed by atoms with van der Waals surface area (Å²) in [6, 6.07) is 6.05. The second kappa shape index (κ2) is 13.1. The molecular formula is C25H45NO3. The molecule has 3 N–H and O–H groups in total. The molecule has 4 nitrogen and oxygen atoms in total. The van der Waals surface area contributed by atoms with Crippen molar-refractivity contribution in [2.75, 3.05) is 20.3 Å². The zero-order valence-electron chi connectivity index (χ0n) is 19.7. The zero-order chi connectivity index (χ0) is 21.9. The topological polar surface area (TPSA) is 64.7 Å². The number of aryl methyl sites for hydroxylation is 1. The number of ether oxygens (including phenoxy) is 2. The van der Waals surface area contributed by atoms with Crippen LogP contribution in [0.25, 0.3) is 0 Å². The molecule has 29 heavy (non-hydrogen) atoms. The quantitative estimate of drug-likeness (QED) is 0.397. The van der Waals surface area contributed by atoms with Gasteiger partial charge < -0.3 is 20.3 Å². The van der Waals surface area contributed by atoms with E-state index >= 15 is 0 Å². The van der Waals surface area contributed by atoms with Crippen molar-refractivity contribution < 1.29 is 14.6 Å². The van der Waals surface area contributed by atoms with Crippen molar-refractivity contribution in [3.63, 3.8) is 0 Å². The molecule has 0 fully saturated rings. The maximum absolute atomic E-state index is 9.73. The van der Waals surface area contributed by atoms with Crippen LogP contribution in [0.15, 0.2) is 18.2 Å². The van der Waals surface area contributed by atoms with Crippen LogP contribution >= 0.6 is 0 Å². The fourth-order valence-electron chi connectivity index (χ4n) is 3.86. The molecule has 0 amide bonds. The highest BCUT2D eigenvalue weighted by Crippen LogP contribution is 2.29. The molecule has 0 aliphatic heterocycles. The summed E-state index contributed by atoms with van der Waals surface area (Å²) in [5, 5.41) is 9.73. The summed E-state index contributed by atoms with van der Waals surface area (Å²) in [5.41, 5.74) is 6.96. The molecule has 1 aromatic rings. The molecule has 0 bridgehead atoms. The SMILES string of the molecule is COc1cc(OCCC(C)CCCC(C)C)ccc1CCC(N)(CO)CC(C)C. The first kappa shape index (κ1) is 25.8. The number of aliphatic hydroxyl groups excluding tert-OH is 1. The van der Waals surface area contributed by atoms with Crippen LogP contribution in [0.3, 0.4) is 0 Å². The molecule has 0 saturated heterocycles. The lowest BCUT2D eigenvalue weighted by molar-refractivity contribution is 0.165. The number of aliphatic hydroxyl groups is 1. The highest BCUT2D eigenvalue weighted by atomic mass is 16.5. The lowest BCUT2D eigenvalue weighted by Crippen LogP contribution is -2.45. The minimum atomic E-state index is -0.542. The molecular weight excluding hydrogens is 362 g/mol. The van der Waals surface area contributed by atoms with Gasteiger partial charge in [0.25, 0.3) is 0 Å². The van der Waals surface area contributed by atoms with Gasteiger partial charge in [-0.1, -0.05) is 59.9 Å². The third-order valence-corrected chi connectivity index (χ3v) is 5.64. The van der Waals surface area contributed by atoms with E-state index < -0.39 is 5.54 Å². The van der Waals surface area contributed by atoms with Gasteiger partial charge in [-0.2, -0.15) is 0 Å².